The van der Waals surface area contributed by atoms with E-state index < -0.39 is 18.5 Å². The van der Waals surface area contributed by atoms with Crippen LogP contribution in [-0.4, -0.2) is 17.6 Å². The van der Waals surface area contributed by atoms with Crippen LogP contribution in [0.25, 0.3) is 0 Å². The minimum atomic E-state index is -4.80. The fourth-order valence-electron chi connectivity index (χ4n) is 1.89. The first-order chi connectivity index (χ1) is 9.60. The van der Waals surface area contributed by atoms with Crippen molar-refractivity contribution < 1.29 is 23.0 Å². The lowest BCUT2D eigenvalue weighted by molar-refractivity contribution is -0.275. The van der Waals surface area contributed by atoms with Gasteiger partial charge in [-0.1, -0.05) is 29.8 Å². The van der Waals surface area contributed by atoms with Gasteiger partial charge in [-0.05, 0) is 37.0 Å². The first-order valence-corrected chi connectivity index (χ1v) is 7.38. The van der Waals surface area contributed by atoms with Crippen molar-refractivity contribution in [2.24, 2.45) is 11.7 Å². The zero-order valence-electron chi connectivity index (χ0n) is 12.2. The minimum absolute atomic E-state index is 0. The molecule has 0 saturated heterocycles. The number of aliphatic hydroxyl groups excluding tert-OH is 1. The Balaban J connectivity index is 0.00000441. The van der Waals surface area contributed by atoms with Crippen LogP contribution in [-0.2, 0) is 0 Å². The zero-order valence-corrected chi connectivity index (χ0v) is 14.6. The van der Waals surface area contributed by atoms with Crippen LogP contribution in [0, 0.1) is 5.92 Å². The monoisotopic (exact) mass is 405 g/mol. The second-order valence-electron chi connectivity index (χ2n) is 5.29. The molecule has 0 aliphatic rings. The summed E-state index contributed by atoms with van der Waals surface area (Å²) in [5.74, 6) is -0.0120. The molecule has 3 nitrogen and oxygen atoms in total. The van der Waals surface area contributed by atoms with Gasteiger partial charge in [-0.2, -0.15) is 0 Å². The maximum atomic E-state index is 12.4. The summed E-state index contributed by atoms with van der Waals surface area (Å²) in [5, 5.41) is 10.1. The molecule has 0 spiro atoms. The van der Waals surface area contributed by atoms with Gasteiger partial charge in [-0.3, -0.25) is 0 Å². The number of nitrogens with two attached hydrogens (primary N) is 1. The van der Waals surface area contributed by atoms with Crippen LogP contribution in [0.4, 0.5) is 13.2 Å². The van der Waals surface area contributed by atoms with Gasteiger partial charge in [0.25, 0.3) is 0 Å². The fraction of sp³-hybridized carbons (Fsp3) is 0.571. The van der Waals surface area contributed by atoms with E-state index in [1.165, 1.54) is 18.2 Å². The SMILES string of the molecule is CC(C)CC[C@H](O)[C@H](N)c1cc(Br)ccc1OC(F)(F)F.Cl. The van der Waals surface area contributed by atoms with E-state index in [0.717, 1.165) is 6.42 Å². The highest BCUT2D eigenvalue weighted by Crippen LogP contribution is 2.34. The van der Waals surface area contributed by atoms with Gasteiger partial charge >= 0.3 is 6.36 Å². The smallest absolute Gasteiger partial charge is 0.405 e. The maximum absolute atomic E-state index is 12.4. The number of benzene rings is 1. The maximum Gasteiger partial charge on any atom is 0.573 e. The Bertz CT molecular complexity index is 472. The summed E-state index contributed by atoms with van der Waals surface area (Å²) in [7, 11) is 0. The molecule has 0 radical (unpaired) electrons. The quantitative estimate of drug-likeness (QED) is 0.728. The highest BCUT2D eigenvalue weighted by atomic mass is 79.9. The molecular weight excluding hydrogens is 387 g/mol. The summed E-state index contributed by atoms with van der Waals surface area (Å²) in [6.45, 7) is 3.99. The molecule has 0 saturated carbocycles. The summed E-state index contributed by atoms with van der Waals surface area (Å²) < 4.78 is 41.8. The second kappa shape index (κ2) is 8.96. The summed E-state index contributed by atoms with van der Waals surface area (Å²) >= 11 is 3.18. The van der Waals surface area contributed by atoms with Crippen molar-refractivity contribution in [1.82, 2.24) is 0 Å². The molecule has 0 aliphatic carbocycles. The van der Waals surface area contributed by atoms with E-state index in [2.05, 4.69) is 20.7 Å². The van der Waals surface area contributed by atoms with Crippen LogP contribution < -0.4 is 10.5 Å². The Hall–Kier alpha value is -0.500. The van der Waals surface area contributed by atoms with E-state index in [1.54, 1.807) is 0 Å². The van der Waals surface area contributed by atoms with Crippen LogP contribution in [0.1, 0.15) is 38.3 Å². The van der Waals surface area contributed by atoms with Gasteiger partial charge < -0.3 is 15.6 Å². The summed E-state index contributed by atoms with van der Waals surface area (Å²) in [5.41, 5.74) is 6.02. The van der Waals surface area contributed by atoms with Crippen LogP contribution in [0.3, 0.4) is 0 Å². The normalized spacial score (nSPS) is 14.4. The summed E-state index contributed by atoms with van der Waals surface area (Å²) in [4.78, 5) is 0. The van der Waals surface area contributed by atoms with E-state index in [-0.39, 0.29) is 23.7 Å². The van der Waals surface area contributed by atoms with Gasteiger partial charge in [0, 0.05) is 10.0 Å². The van der Waals surface area contributed by atoms with Crippen LogP contribution in [0.5, 0.6) is 5.75 Å². The number of hydrogen-bond acceptors (Lipinski definition) is 3. The van der Waals surface area contributed by atoms with Crippen LogP contribution >= 0.6 is 28.3 Å². The first kappa shape index (κ1) is 21.5. The lowest BCUT2D eigenvalue weighted by Crippen LogP contribution is -2.28. The van der Waals surface area contributed by atoms with Crippen molar-refractivity contribution in [2.75, 3.05) is 0 Å². The van der Waals surface area contributed by atoms with Crippen molar-refractivity contribution in [3.8, 4) is 5.75 Å². The molecule has 0 aromatic heterocycles. The lowest BCUT2D eigenvalue weighted by Gasteiger charge is -2.23. The third-order valence-electron chi connectivity index (χ3n) is 3.01. The minimum Gasteiger partial charge on any atom is -0.405 e. The zero-order chi connectivity index (χ0) is 16.2. The number of aliphatic hydroxyl groups is 1. The highest BCUT2D eigenvalue weighted by molar-refractivity contribution is 9.10. The first-order valence-electron chi connectivity index (χ1n) is 6.59. The second-order valence-corrected chi connectivity index (χ2v) is 6.21. The largest absolute Gasteiger partial charge is 0.573 e. The van der Waals surface area contributed by atoms with Gasteiger partial charge in [0.05, 0.1) is 12.1 Å². The van der Waals surface area contributed by atoms with Crippen molar-refractivity contribution in [3.63, 3.8) is 0 Å². The molecule has 1 aromatic carbocycles. The van der Waals surface area contributed by atoms with E-state index in [9.17, 15) is 18.3 Å². The van der Waals surface area contributed by atoms with Crippen LogP contribution in [0.2, 0.25) is 0 Å². The molecule has 0 unspecified atom stereocenters. The molecule has 0 amide bonds. The molecule has 3 N–H and O–H groups in total. The van der Waals surface area contributed by atoms with Crippen molar-refractivity contribution in [3.05, 3.63) is 28.2 Å². The Morgan fingerprint density at radius 3 is 2.36 bits per heavy atom. The fourth-order valence-corrected chi connectivity index (χ4v) is 2.27. The molecule has 0 fully saturated rings. The molecule has 1 aromatic rings. The van der Waals surface area contributed by atoms with Crippen molar-refractivity contribution in [2.45, 2.75) is 45.2 Å². The lowest BCUT2D eigenvalue weighted by atomic mass is 9.95. The number of rotatable bonds is 6. The molecule has 0 heterocycles. The molecule has 2 atom stereocenters. The van der Waals surface area contributed by atoms with Gasteiger partial charge in [-0.25, -0.2) is 0 Å². The van der Waals surface area contributed by atoms with E-state index in [1.807, 2.05) is 13.8 Å². The predicted molar refractivity (Wildman–Crippen MR) is 85.1 cm³/mol. The molecule has 1 rings (SSSR count). The molecular formula is C14H20BrClF3NO2. The van der Waals surface area contributed by atoms with E-state index in [4.69, 9.17) is 5.73 Å². The number of alkyl halides is 3. The Morgan fingerprint density at radius 2 is 1.86 bits per heavy atom. The highest BCUT2D eigenvalue weighted by Gasteiger charge is 2.33. The van der Waals surface area contributed by atoms with Gasteiger partial charge in [0.2, 0.25) is 0 Å². The average Bonchev–Trinajstić information content (AvgIpc) is 2.35. The van der Waals surface area contributed by atoms with Gasteiger partial charge in [-0.15, -0.1) is 25.6 Å². The molecule has 8 heteroatoms. The van der Waals surface area contributed by atoms with Gasteiger partial charge in [0.15, 0.2) is 0 Å². The van der Waals surface area contributed by atoms with Crippen LogP contribution in [0.15, 0.2) is 22.7 Å². The molecule has 0 aliphatic heterocycles. The molecule has 0 bridgehead atoms. The number of halogens is 5. The Morgan fingerprint density at radius 1 is 1.27 bits per heavy atom. The topological polar surface area (TPSA) is 55.5 Å². The number of ether oxygens (including phenoxy) is 1. The third kappa shape index (κ3) is 7.17. The molecule has 128 valence electrons. The predicted octanol–water partition coefficient (Wildman–Crippen LogP) is 4.57. The van der Waals surface area contributed by atoms with Crippen molar-refractivity contribution in [1.29, 1.82) is 0 Å². The van der Waals surface area contributed by atoms with E-state index in [0.29, 0.717) is 16.8 Å². The van der Waals surface area contributed by atoms with Gasteiger partial charge in [0.1, 0.15) is 5.75 Å². The molecule has 22 heavy (non-hydrogen) atoms. The third-order valence-corrected chi connectivity index (χ3v) is 3.50. The summed E-state index contributed by atoms with van der Waals surface area (Å²) in [6.07, 6.45) is -4.59. The number of hydrogen-bond donors (Lipinski definition) is 2. The standard InChI is InChI=1S/C14H19BrF3NO2.ClH/c1-8(2)3-5-11(20)13(19)10-7-9(15)4-6-12(10)21-14(16,17)18;/h4,6-8,11,13,20H,3,5,19H2,1-2H3;1H/t11-,13+;/m0./s1. The summed E-state index contributed by atoms with van der Waals surface area (Å²) in [6, 6.07) is 3.10. The average molecular weight is 407 g/mol. The Labute approximate surface area is 142 Å². The Kier molecular flexibility index (Phi) is 8.75. The van der Waals surface area contributed by atoms with Crippen molar-refractivity contribution >= 4 is 28.3 Å². The van der Waals surface area contributed by atoms with E-state index >= 15 is 0 Å².